The van der Waals surface area contributed by atoms with E-state index in [1.807, 2.05) is 12.1 Å². The van der Waals surface area contributed by atoms with Gasteiger partial charge in [0.05, 0.1) is 13.7 Å². The van der Waals surface area contributed by atoms with Crippen LogP contribution in [-0.4, -0.2) is 49.4 Å². The fraction of sp³-hybridized carbons (Fsp3) is 0.500. The first kappa shape index (κ1) is 18.0. The molecule has 1 aliphatic rings. The molecule has 0 amide bonds. The van der Waals surface area contributed by atoms with Crippen molar-refractivity contribution in [1.82, 2.24) is 20.8 Å². The van der Waals surface area contributed by atoms with Gasteiger partial charge in [0.2, 0.25) is 5.89 Å². The van der Waals surface area contributed by atoms with E-state index in [1.165, 1.54) is 5.69 Å². The molecule has 0 bridgehead atoms. The quantitative estimate of drug-likeness (QED) is 0.621. The highest BCUT2D eigenvalue weighted by Gasteiger charge is 2.21. The van der Waals surface area contributed by atoms with Crippen molar-refractivity contribution in [1.29, 1.82) is 0 Å². The maximum absolute atomic E-state index is 5.34. The van der Waals surface area contributed by atoms with Crippen molar-refractivity contribution in [2.75, 3.05) is 32.1 Å². The molecule has 0 aliphatic carbocycles. The van der Waals surface area contributed by atoms with Crippen LogP contribution >= 0.6 is 0 Å². The number of ether oxygens (including phenoxy) is 1. The smallest absolute Gasteiger partial charge is 0.223 e. The van der Waals surface area contributed by atoms with E-state index in [2.05, 4.69) is 42.8 Å². The Balaban J connectivity index is 1.56. The Morgan fingerprint density at radius 1 is 1.46 bits per heavy atom. The van der Waals surface area contributed by atoms with Crippen molar-refractivity contribution in [3.63, 3.8) is 0 Å². The molecule has 0 saturated carbocycles. The summed E-state index contributed by atoms with van der Waals surface area (Å²) < 4.78 is 10.3. The zero-order valence-corrected chi connectivity index (χ0v) is 15.5. The summed E-state index contributed by atoms with van der Waals surface area (Å²) in [6.45, 7) is 4.21. The predicted octanol–water partition coefficient (Wildman–Crippen LogP) is 1.72. The van der Waals surface area contributed by atoms with Gasteiger partial charge < -0.3 is 24.8 Å². The minimum Gasteiger partial charge on any atom is -0.497 e. The minimum absolute atomic E-state index is 0.313. The zero-order chi connectivity index (χ0) is 18.4. The van der Waals surface area contributed by atoms with Gasteiger partial charge >= 0.3 is 0 Å². The molecule has 8 nitrogen and oxygen atoms in total. The summed E-state index contributed by atoms with van der Waals surface area (Å²) in [6.07, 6.45) is 2.22. The van der Waals surface area contributed by atoms with Crippen LogP contribution in [0.5, 0.6) is 5.75 Å². The number of anilines is 1. The van der Waals surface area contributed by atoms with E-state index in [1.54, 1.807) is 21.1 Å². The molecule has 8 heteroatoms. The molecule has 1 unspecified atom stereocenters. The zero-order valence-electron chi connectivity index (χ0n) is 15.5. The highest BCUT2D eigenvalue weighted by atomic mass is 16.5. The third-order valence-electron chi connectivity index (χ3n) is 4.39. The van der Waals surface area contributed by atoms with E-state index < -0.39 is 0 Å². The lowest BCUT2D eigenvalue weighted by Crippen LogP contribution is -2.51. The largest absolute Gasteiger partial charge is 0.497 e. The summed E-state index contributed by atoms with van der Waals surface area (Å²) in [5, 5.41) is 10.6. The molecule has 1 fully saturated rings. The number of benzene rings is 1. The van der Waals surface area contributed by atoms with Crippen molar-refractivity contribution in [2.24, 2.45) is 4.99 Å². The van der Waals surface area contributed by atoms with E-state index in [-0.39, 0.29) is 0 Å². The molecular weight excluding hydrogens is 332 g/mol. The number of guanidine groups is 1. The van der Waals surface area contributed by atoms with Gasteiger partial charge in [-0.15, -0.1) is 0 Å². The predicted molar refractivity (Wildman–Crippen MR) is 101 cm³/mol. The first-order valence-corrected chi connectivity index (χ1v) is 8.83. The normalized spacial score (nSPS) is 17.9. The van der Waals surface area contributed by atoms with Crippen molar-refractivity contribution in [3.05, 3.63) is 36.0 Å². The van der Waals surface area contributed by atoms with Crippen LogP contribution in [0.3, 0.4) is 0 Å². The summed E-state index contributed by atoms with van der Waals surface area (Å²) in [6, 6.07) is 8.51. The molecule has 2 N–H and O–H groups in total. The molecule has 140 valence electrons. The van der Waals surface area contributed by atoms with Gasteiger partial charge in [-0.25, -0.2) is 0 Å². The molecule has 2 heterocycles. The molecule has 1 atom stereocenters. The average molecular weight is 358 g/mol. The van der Waals surface area contributed by atoms with Gasteiger partial charge in [-0.1, -0.05) is 11.2 Å². The molecule has 1 aromatic heterocycles. The van der Waals surface area contributed by atoms with Crippen LogP contribution in [0, 0.1) is 6.92 Å². The number of hydrogen-bond donors (Lipinski definition) is 2. The topological polar surface area (TPSA) is 87.8 Å². The van der Waals surface area contributed by atoms with Gasteiger partial charge in [0, 0.05) is 44.9 Å². The summed E-state index contributed by atoms with van der Waals surface area (Å²) in [7, 11) is 3.46. The van der Waals surface area contributed by atoms with E-state index in [9.17, 15) is 0 Å². The van der Waals surface area contributed by atoms with Crippen molar-refractivity contribution in [3.8, 4) is 5.75 Å². The second-order valence-corrected chi connectivity index (χ2v) is 6.29. The molecule has 1 aromatic carbocycles. The lowest BCUT2D eigenvalue weighted by molar-refractivity contribution is 0.386. The fourth-order valence-electron chi connectivity index (χ4n) is 3.10. The number of piperidine rings is 1. The molecule has 3 rings (SSSR count). The Hall–Kier alpha value is -2.77. The molecular formula is C18H26N6O2. The van der Waals surface area contributed by atoms with E-state index >= 15 is 0 Å². The van der Waals surface area contributed by atoms with E-state index in [0.717, 1.165) is 37.6 Å². The molecule has 26 heavy (non-hydrogen) atoms. The summed E-state index contributed by atoms with van der Waals surface area (Å²) >= 11 is 0. The van der Waals surface area contributed by atoms with Crippen molar-refractivity contribution >= 4 is 11.6 Å². The number of nitrogens with zero attached hydrogens (tertiary/aromatic N) is 4. The SMILES string of the molecule is CN=C(NCc1noc(C)n1)NC1CCCN(c2cccc(OC)c2)C1. The Morgan fingerprint density at radius 2 is 2.35 bits per heavy atom. The van der Waals surface area contributed by atoms with Crippen LogP contribution in [0.2, 0.25) is 0 Å². The van der Waals surface area contributed by atoms with Crippen LogP contribution < -0.4 is 20.3 Å². The number of aromatic nitrogens is 2. The van der Waals surface area contributed by atoms with Crippen LogP contribution in [0.1, 0.15) is 24.6 Å². The Bertz CT molecular complexity index is 745. The van der Waals surface area contributed by atoms with Crippen LogP contribution in [0.15, 0.2) is 33.8 Å². The molecule has 1 aliphatic heterocycles. The third kappa shape index (κ3) is 4.65. The number of rotatable bonds is 5. The number of aliphatic imine (C=N–C) groups is 1. The Labute approximate surface area is 153 Å². The van der Waals surface area contributed by atoms with Gasteiger partial charge in [0.15, 0.2) is 11.8 Å². The van der Waals surface area contributed by atoms with Crippen LogP contribution in [0.4, 0.5) is 5.69 Å². The molecule has 0 spiro atoms. The first-order valence-electron chi connectivity index (χ1n) is 8.83. The fourth-order valence-corrected chi connectivity index (χ4v) is 3.10. The highest BCUT2D eigenvalue weighted by Crippen LogP contribution is 2.24. The Kier molecular flexibility index (Phi) is 5.93. The lowest BCUT2D eigenvalue weighted by atomic mass is 10.0. The van der Waals surface area contributed by atoms with Gasteiger partial charge in [-0.2, -0.15) is 4.98 Å². The Morgan fingerprint density at radius 3 is 3.08 bits per heavy atom. The molecule has 0 radical (unpaired) electrons. The van der Waals surface area contributed by atoms with Gasteiger partial charge in [-0.3, -0.25) is 4.99 Å². The average Bonchev–Trinajstić information content (AvgIpc) is 3.10. The van der Waals surface area contributed by atoms with Crippen molar-refractivity contribution in [2.45, 2.75) is 32.4 Å². The van der Waals surface area contributed by atoms with Crippen LogP contribution in [-0.2, 0) is 6.54 Å². The monoisotopic (exact) mass is 358 g/mol. The summed E-state index contributed by atoms with van der Waals surface area (Å²) in [5.74, 6) is 2.80. The maximum atomic E-state index is 5.34. The van der Waals surface area contributed by atoms with Crippen LogP contribution in [0.25, 0.3) is 0 Å². The highest BCUT2D eigenvalue weighted by molar-refractivity contribution is 5.80. The third-order valence-corrected chi connectivity index (χ3v) is 4.39. The number of aryl methyl sites for hydroxylation is 1. The summed E-state index contributed by atoms with van der Waals surface area (Å²) in [5.41, 5.74) is 1.18. The minimum atomic E-state index is 0.313. The van der Waals surface area contributed by atoms with Gasteiger partial charge in [0.1, 0.15) is 5.75 Å². The summed E-state index contributed by atoms with van der Waals surface area (Å²) in [4.78, 5) is 10.9. The number of hydrogen-bond acceptors (Lipinski definition) is 6. The molecule has 1 saturated heterocycles. The van der Waals surface area contributed by atoms with Gasteiger partial charge in [0.25, 0.3) is 0 Å². The van der Waals surface area contributed by atoms with Gasteiger partial charge in [-0.05, 0) is 25.0 Å². The number of methoxy groups -OCH3 is 1. The second kappa shape index (κ2) is 8.55. The molecule has 2 aromatic rings. The van der Waals surface area contributed by atoms with Crippen molar-refractivity contribution < 1.29 is 9.26 Å². The number of nitrogens with one attached hydrogen (secondary N) is 2. The van der Waals surface area contributed by atoms with E-state index in [0.29, 0.717) is 24.3 Å². The maximum Gasteiger partial charge on any atom is 0.223 e. The lowest BCUT2D eigenvalue weighted by Gasteiger charge is -2.35. The first-order chi connectivity index (χ1) is 12.7. The second-order valence-electron chi connectivity index (χ2n) is 6.29. The standard InChI is InChI=1S/C18H26N6O2/c1-13-21-17(23-26-13)11-20-18(19-2)22-14-6-5-9-24(12-14)15-7-4-8-16(10-15)25-3/h4,7-8,10,14H,5-6,9,11-12H2,1-3H3,(H2,19,20,22). The van der Waals surface area contributed by atoms with E-state index in [4.69, 9.17) is 9.26 Å².